The summed E-state index contributed by atoms with van der Waals surface area (Å²) in [6.07, 6.45) is 0. The number of benzene rings is 1. The van der Waals surface area contributed by atoms with Gasteiger partial charge in [-0.1, -0.05) is 25.4 Å². The van der Waals surface area contributed by atoms with E-state index < -0.39 is 0 Å². The van der Waals surface area contributed by atoms with Crippen molar-refractivity contribution in [3.63, 3.8) is 0 Å². The van der Waals surface area contributed by atoms with Gasteiger partial charge in [-0.15, -0.1) is 0 Å². The number of rotatable bonds is 3. The molecule has 0 unspecified atom stereocenters. The summed E-state index contributed by atoms with van der Waals surface area (Å²) in [6.45, 7) is 5.91. The van der Waals surface area contributed by atoms with E-state index in [1.54, 1.807) is 12.1 Å². The summed E-state index contributed by atoms with van der Waals surface area (Å²) in [5, 5.41) is 12.5. The zero-order valence-corrected chi connectivity index (χ0v) is 12.4. The van der Waals surface area contributed by atoms with Gasteiger partial charge >= 0.3 is 0 Å². The number of anilines is 2. The first-order chi connectivity index (χ1) is 9.51. The summed E-state index contributed by atoms with van der Waals surface area (Å²) in [5.74, 6) is 1.60. The van der Waals surface area contributed by atoms with Crippen molar-refractivity contribution in [1.29, 1.82) is 5.26 Å². The molecule has 0 saturated carbocycles. The molecule has 1 N–H and O–H groups in total. The lowest BCUT2D eigenvalue weighted by Gasteiger charge is -2.13. The molecule has 2 rings (SSSR count). The van der Waals surface area contributed by atoms with Crippen molar-refractivity contribution < 1.29 is 0 Å². The molecule has 1 aromatic carbocycles. The fourth-order valence-electron chi connectivity index (χ4n) is 1.65. The molecule has 20 heavy (non-hydrogen) atoms. The van der Waals surface area contributed by atoms with Crippen molar-refractivity contribution in [1.82, 2.24) is 9.97 Å². The molecule has 0 fully saturated rings. The third kappa shape index (κ3) is 3.06. The van der Waals surface area contributed by atoms with Crippen LogP contribution in [-0.2, 0) is 0 Å². The Bertz CT molecular complexity index is 657. The number of halogens is 1. The van der Waals surface area contributed by atoms with E-state index in [0.29, 0.717) is 22.4 Å². The Kier molecular flexibility index (Phi) is 4.21. The van der Waals surface area contributed by atoms with E-state index in [2.05, 4.69) is 21.4 Å². The lowest BCUT2D eigenvalue weighted by molar-refractivity contribution is 0.773. The van der Waals surface area contributed by atoms with Crippen LogP contribution in [0.2, 0.25) is 5.15 Å². The van der Waals surface area contributed by atoms with E-state index in [1.165, 1.54) is 0 Å². The van der Waals surface area contributed by atoms with E-state index in [4.69, 9.17) is 16.9 Å². The van der Waals surface area contributed by atoms with Gasteiger partial charge in [0, 0.05) is 17.2 Å². The minimum Gasteiger partial charge on any atom is -0.340 e. The van der Waals surface area contributed by atoms with Gasteiger partial charge in [-0.2, -0.15) is 5.26 Å². The number of nitrogens with zero attached hydrogens (tertiary/aromatic N) is 3. The first-order valence-electron chi connectivity index (χ1n) is 6.32. The Morgan fingerprint density at radius 3 is 2.40 bits per heavy atom. The summed E-state index contributed by atoms with van der Waals surface area (Å²) in [7, 11) is 0. The molecule has 102 valence electrons. The van der Waals surface area contributed by atoms with Gasteiger partial charge in [0.05, 0.1) is 11.6 Å². The van der Waals surface area contributed by atoms with Crippen LogP contribution in [0.3, 0.4) is 0 Å². The van der Waals surface area contributed by atoms with Crippen molar-refractivity contribution in [2.45, 2.75) is 26.7 Å². The molecular formula is C15H15ClN4. The van der Waals surface area contributed by atoms with Crippen molar-refractivity contribution in [2.75, 3.05) is 5.32 Å². The molecule has 0 aliphatic heterocycles. The molecule has 0 spiro atoms. The number of hydrogen-bond acceptors (Lipinski definition) is 4. The molecule has 1 heterocycles. The van der Waals surface area contributed by atoms with Crippen molar-refractivity contribution in [3.8, 4) is 6.07 Å². The molecule has 1 aromatic heterocycles. The highest BCUT2D eigenvalue weighted by atomic mass is 35.5. The molecule has 0 amide bonds. The second kappa shape index (κ2) is 5.89. The Hall–Kier alpha value is -2.12. The van der Waals surface area contributed by atoms with Gasteiger partial charge in [0.15, 0.2) is 0 Å². The monoisotopic (exact) mass is 286 g/mol. The van der Waals surface area contributed by atoms with Crippen LogP contribution < -0.4 is 5.32 Å². The van der Waals surface area contributed by atoms with Gasteiger partial charge in [0.1, 0.15) is 16.8 Å². The van der Waals surface area contributed by atoms with Crippen molar-refractivity contribution in [2.24, 2.45) is 0 Å². The van der Waals surface area contributed by atoms with Crippen LogP contribution in [0.4, 0.5) is 11.5 Å². The molecular weight excluding hydrogens is 272 g/mol. The first-order valence-corrected chi connectivity index (χ1v) is 6.70. The lowest BCUT2D eigenvalue weighted by atomic mass is 10.2. The number of aromatic nitrogens is 2. The maximum atomic E-state index is 8.79. The molecule has 4 nitrogen and oxygen atoms in total. The number of hydrogen-bond donors (Lipinski definition) is 1. The van der Waals surface area contributed by atoms with Crippen LogP contribution in [0.5, 0.6) is 0 Å². The van der Waals surface area contributed by atoms with Gasteiger partial charge < -0.3 is 5.32 Å². The minimum atomic E-state index is 0.203. The van der Waals surface area contributed by atoms with E-state index in [0.717, 1.165) is 11.3 Å². The Balaban J connectivity index is 2.34. The number of nitrogens with one attached hydrogen (secondary N) is 1. The zero-order chi connectivity index (χ0) is 14.7. The highest BCUT2D eigenvalue weighted by molar-refractivity contribution is 6.30. The average molecular weight is 287 g/mol. The Morgan fingerprint density at radius 2 is 1.85 bits per heavy atom. The Morgan fingerprint density at radius 1 is 1.20 bits per heavy atom. The van der Waals surface area contributed by atoms with Crippen molar-refractivity contribution in [3.05, 3.63) is 46.4 Å². The molecule has 0 aliphatic rings. The van der Waals surface area contributed by atoms with Gasteiger partial charge in [0.25, 0.3) is 0 Å². The maximum Gasteiger partial charge on any atom is 0.138 e. The first kappa shape index (κ1) is 14.3. The van der Waals surface area contributed by atoms with Gasteiger partial charge in [0.2, 0.25) is 0 Å². The van der Waals surface area contributed by atoms with Gasteiger partial charge in [-0.3, -0.25) is 0 Å². The maximum absolute atomic E-state index is 8.79. The highest BCUT2D eigenvalue weighted by Crippen LogP contribution is 2.25. The van der Waals surface area contributed by atoms with Crippen LogP contribution in [0.25, 0.3) is 0 Å². The largest absolute Gasteiger partial charge is 0.340 e. The van der Waals surface area contributed by atoms with Gasteiger partial charge in [-0.25, -0.2) is 9.97 Å². The summed E-state index contributed by atoms with van der Waals surface area (Å²) in [5.41, 5.74) is 2.29. The minimum absolute atomic E-state index is 0.203. The summed E-state index contributed by atoms with van der Waals surface area (Å²) < 4.78 is 0. The van der Waals surface area contributed by atoms with E-state index in [-0.39, 0.29) is 5.92 Å². The van der Waals surface area contributed by atoms with Crippen LogP contribution in [0.1, 0.15) is 36.7 Å². The third-order valence-electron chi connectivity index (χ3n) is 2.90. The predicted molar refractivity (Wildman–Crippen MR) is 80.3 cm³/mol. The molecule has 0 aliphatic carbocycles. The van der Waals surface area contributed by atoms with Crippen LogP contribution in [0.15, 0.2) is 24.3 Å². The van der Waals surface area contributed by atoms with Crippen LogP contribution in [0, 0.1) is 18.3 Å². The van der Waals surface area contributed by atoms with Crippen LogP contribution >= 0.6 is 11.6 Å². The van der Waals surface area contributed by atoms with Crippen LogP contribution in [-0.4, -0.2) is 9.97 Å². The highest BCUT2D eigenvalue weighted by Gasteiger charge is 2.12. The molecule has 5 heteroatoms. The summed E-state index contributed by atoms with van der Waals surface area (Å²) in [4.78, 5) is 8.77. The summed E-state index contributed by atoms with van der Waals surface area (Å²) in [6, 6.07) is 9.27. The zero-order valence-electron chi connectivity index (χ0n) is 11.6. The fraction of sp³-hybridized carbons (Fsp3) is 0.267. The Labute approximate surface area is 123 Å². The number of nitriles is 1. The molecule has 0 radical (unpaired) electrons. The fourth-order valence-corrected chi connectivity index (χ4v) is 1.83. The topological polar surface area (TPSA) is 61.6 Å². The SMILES string of the molecule is Cc1c(Cl)nc(C(C)C)nc1Nc1ccc(C#N)cc1. The molecule has 2 aromatic rings. The standard InChI is InChI=1S/C15H15ClN4/c1-9(2)14-19-13(16)10(3)15(20-14)18-12-6-4-11(8-17)5-7-12/h4-7,9H,1-3H3,(H,18,19,20). The quantitative estimate of drug-likeness (QED) is 0.860. The van der Waals surface area contributed by atoms with Gasteiger partial charge in [-0.05, 0) is 31.2 Å². The average Bonchev–Trinajstić information content (AvgIpc) is 2.44. The normalized spacial score (nSPS) is 10.4. The van der Waals surface area contributed by atoms with Crippen molar-refractivity contribution >= 4 is 23.1 Å². The van der Waals surface area contributed by atoms with E-state index in [1.807, 2.05) is 32.9 Å². The predicted octanol–water partition coefficient (Wildman–Crippen LogP) is 4.18. The van der Waals surface area contributed by atoms with E-state index >= 15 is 0 Å². The van der Waals surface area contributed by atoms with E-state index in [9.17, 15) is 0 Å². The second-order valence-electron chi connectivity index (χ2n) is 4.82. The molecule has 0 bridgehead atoms. The summed E-state index contributed by atoms with van der Waals surface area (Å²) >= 11 is 6.14. The molecule has 0 saturated heterocycles. The molecule has 0 atom stereocenters. The lowest BCUT2D eigenvalue weighted by Crippen LogP contribution is -2.05. The smallest absolute Gasteiger partial charge is 0.138 e. The third-order valence-corrected chi connectivity index (χ3v) is 3.26. The second-order valence-corrected chi connectivity index (χ2v) is 5.17.